The Morgan fingerprint density at radius 1 is 0.935 bits per heavy atom. The first kappa shape index (κ1) is 22.0. The number of aromatic nitrogens is 1. The monoisotopic (exact) mass is 417 g/mol. The van der Waals surface area contributed by atoms with Crippen molar-refractivity contribution in [2.75, 3.05) is 5.32 Å². The number of pyridine rings is 1. The van der Waals surface area contributed by atoms with E-state index in [9.17, 15) is 14.7 Å². The number of carbonyl (C=O) groups is 2. The predicted molar refractivity (Wildman–Crippen MR) is 122 cm³/mol. The van der Waals surface area contributed by atoms with Crippen molar-refractivity contribution >= 4 is 17.7 Å². The average Bonchev–Trinajstić information content (AvgIpc) is 2.74. The maximum absolute atomic E-state index is 13.2. The number of benzene rings is 2. The van der Waals surface area contributed by atoms with Crippen LogP contribution in [0.15, 0.2) is 79.1 Å². The van der Waals surface area contributed by atoms with E-state index in [1.165, 1.54) is 4.90 Å². The third-order valence-corrected chi connectivity index (χ3v) is 4.98. The second-order valence-corrected chi connectivity index (χ2v) is 8.33. The van der Waals surface area contributed by atoms with E-state index in [-0.39, 0.29) is 12.3 Å². The lowest BCUT2D eigenvalue weighted by atomic mass is 9.97. The van der Waals surface area contributed by atoms with E-state index in [1.54, 1.807) is 33.2 Å². The average molecular weight is 418 g/mol. The van der Waals surface area contributed by atoms with E-state index in [4.69, 9.17) is 0 Å². The quantitative estimate of drug-likeness (QED) is 0.586. The number of carbonyl (C=O) groups excluding carboxylic acids is 1. The zero-order chi connectivity index (χ0) is 22.4. The summed E-state index contributed by atoms with van der Waals surface area (Å²) >= 11 is 0. The molecule has 3 rings (SSSR count). The van der Waals surface area contributed by atoms with Gasteiger partial charge in [-0.25, -0.2) is 4.79 Å². The van der Waals surface area contributed by atoms with Crippen LogP contribution in [0.5, 0.6) is 0 Å². The SMILES string of the molecule is CC(C)(C)N(C(=O)O)[C@H](Cc1ccccc1)C(=O)Nc1ccc(-c2ccncc2)cc1. The van der Waals surface area contributed by atoms with E-state index in [0.29, 0.717) is 5.69 Å². The smallest absolute Gasteiger partial charge is 0.408 e. The Labute approximate surface area is 182 Å². The van der Waals surface area contributed by atoms with E-state index in [2.05, 4.69) is 10.3 Å². The molecule has 0 aliphatic carbocycles. The summed E-state index contributed by atoms with van der Waals surface area (Å²) < 4.78 is 0. The van der Waals surface area contributed by atoms with Crippen LogP contribution >= 0.6 is 0 Å². The van der Waals surface area contributed by atoms with Gasteiger partial charge in [-0.2, -0.15) is 0 Å². The van der Waals surface area contributed by atoms with Gasteiger partial charge in [-0.1, -0.05) is 42.5 Å². The standard InChI is InChI=1S/C25H27N3O3/c1-25(2,3)28(24(30)31)22(17-18-7-5-4-6-8-18)23(29)27-21-11-9-19(10-12-21)20-13-15-26-16-14-20/h4-16,22H,17H2,1-3H3,(H,27,29)(H,30,31)/t22-/m1/s1. The zero-order valence-corrected chi connectivity index (χ0v) is 17.9. The molecule has 1 aromatic heterocycles. The number of hydrogen-bond donors (Lipinski definition) is 2. The van der Waals surface area contributed by atoms with Crippen molar-refractivity contribution in [3.8, 4) is 11.1 Å². The Kier molecular flexibility index (Phi) is 6.70. The molecule has 2 amide bonds. The van der Waals surface area contributed by atoms with Crippen molar-refractivity contribution in [2.24, 2.45) is 0 Å². The number of anilines is 1. The summed E-state index contributed by atoms with van der Waals surface area (Å²) in [6.07, 6.45) is 2.61. The molecular weight excluding hydrogens is 390 g/mol. The summed E-state index contributed by atoms with van der Waals surface area (Å²) in [6.45, 7) is 5.36. The minimum Gasteiger partial charge on any atom is -0.465 e. The number of nitrogens with one attached hydrogen (secondary N) is 1. The maximum Gasteiger partial charge on any atom is 0.408 e. The molecule has 3 aromatic rings. The molecule has 31 heavy (non-hydrogen) atoms. The molecule has 160 valence electrons. The Balaban J connectivity index is 1.84. The zero-order valence-electron chi connectivity index (χ0n) is 17.9. The summed E-state index contributed by atoms with van der Waals surface area (Å²) in [7, 11) is 0. The first-order valence-corrected chi connectivity index (χ1v) is 10.1. The fourth-order valence-corrected chi connectivity index (χ4v) is 3.54. The van der Waals surface area contributed by atoms with Crippen LogP contribution in [-0.2, 0) is 11.2 Å². The Morgan fingerprint density at radius 2 is 1.52 bits per heavy atom. The van der Waals surface area contributed by atoms with Gasteiger partial charge in [0.15, 0.2) is 0 Å². The highest BCUT2D eigenvalue weighted by Crippen LogP contribution is 2.24. The van der Waals surface area contributed by atoms with Crippen molar-refractivity contribution in [1.29, 1.82) is 0 Å². The number of nitrogens with zero attached hydrogens (tertiary/aromatic N) is 2. The van der Waals surface area contributed by atoms with Crippen LogP contribution in [0.25, 0.3) is 11.1 Å². The number of rotatable bonds is 6. The fourth-order valence-electron chi connectivity index (χ4n) is 3.54. The van der Waals surface area contributed by atoms with Crippen LogP contribution in [0, 0.1) is 0 Å². The Bertz CT molecular complexity index is 1010. The van der Waals surface area contributed by atoms with Gasteiger partial charge >= 0.3 is 6.09 Å². The van der Waals surface area contributed by atoms with Gasteiger partial charge < -0.3 is 10.4 Å². The van der Waals surface area contributed by atoms with E-state index < -0.39 is 17.7 Å². The van der Waals surface area contributed by atoms with Crippen molar-refractivity contribution in [2.45, 2.75) is 38.8 Å². The van der Waals surface area contributed by atoms with Crippen LogP contribution in [0.3, 0.4) is 0 Å². The molecule has 0 spiro atoms. The minimum absolute atomic E-state index is 0.283. The third kappa shape index (κ3) is 5.69. The molecule has 0 saturated carbocycles. The second kappa shape index (κ2) is 9.43. The summed E-state index contributed by atoms with van der Waals surface area (Å²) in [4.78, 5) is 30.6. The van der Waals surface area contributed by atoms with E-state index in [0.717, 1.165) is 16.7 Å². The van der Waals surface area contributed by atoms with Gasteiger partial charge in [-0.15, -0.1) is 0 Å². The molecule has 1 atom stereocenters. The topological polar surface area (TPSA) is 82.5 Å². The lowest BCUT2D eigenvalue weighted by Crippen LogP contribution is -2.56. The van der Waals surface area contributed by atoms with Crippen LogP contribution in [0.4, 0.5) is 10.5 Å². The van der Waals surface area contributed by atoms with Crippen molar-refractivity contribution in [3.63, 3.8) is 0 Å². The third-order valence-electron chi connectivity index (χ3n) is 4.98. The van der Waals surface area contributed by atoms with Gasteiger partial charge in [0, 0.05) is 30.0 Å². The Hall–Kier alpha value is -3.67. The first-order chi connectivity index (χ1) is 14.8. The largest absolute Gasteiger partial charge is 0.465 e. The molecule has 2 N–H and O–H groups in total. The molecule has 0 fully saturated rings. The maximum atomic E-state index is 13.2. The predicted octanol–water partition coefficient (Wildman–Crippen LogP) is 5.08. The van der Waals surface area contributed by atoms with Gasteiger partial charge in [0.25, 0.3) is 0 Å². The minimum atomic E-state index is -1.13. The van der Waals surface area contributed by atoms with Crippen LogP contribution < -0.4 is 5.32 Å². The molecule has 0 aliphatic rings. The molecule has 0 radical (unpaired) electrons. The molecule has 0 saturated heterocycles. The summed E-state index contributed by atoms with van der Waals surface area (Å²) in [5.74, 6) is -0.363. The number of carboxylic acid groups (broad SMARTS) is 1. The lowest BCUT2D eigenvalue weighted by Gasteiger charge is -2.38. The van der Waals surface area contributed by atoms with Crippen molar-refractivity contribution in [3.05, 3.63) is 84.7 Å². The van der Waals surface area contributed by atoms with Crippen LogP contribution in [0.1, 0.15) is 26.3 Å². The van der Waals surface area contributed by atoms with Gasteiger partial charge in [0.05, 0.1) is 0 Å². The van der Waals surface area contributed by atoms with Gasteiger partial charge in [0.2, 0.25) is 5.91 Å². The molecule has 1 heterocycles. The molecular formula is C25H27N3O3. The first-order valence-electron chi connectivity index (χ1n) is 10.1. The van der Waals surface area contributed by atoms with Crippen LogP contribution in [-0.4, -0.2) is 38.6 Å². The highest BCUT2D eigenvalue weighted by molar-refractivity contribution is 5.97. The fraction of sp³-hybridized carbons (Fsp3) is 0.240. The normalized spacial score (nSPS) is 12.1. The summed E-state index contributed by atoms with van der Waals surface area (Å²) in [5, 5.41) is 12.8. The summed E-state index contributed by atoms with van der Waals surface area (Å²) in [6, 6.07) is 19.8. The van der Waals surface area contributed by atoms with Gasteiger partial charge in [-0.05, 0) is 61.7 Å². The van der Waals surface area contributed by atoms with Crippen LogP contribution in [0.2, 0.25) is 0 Å². The highest BCUT2D eigenvalue weighted by Gasteiger charge is 2.37. The molecule has 0 aliphatic heterocycles. The van der Waals surface area contributed by atoms with Crippen molar-refractivity contribution < 1.29 is 14.7 Å². The lowest BCUT2D eigenvalue weighted by molar-refractivity contribution is -0.122. The van der Waals surface area contributed by atoms with Crippen molar-refractivity contribution in [1.82, 2.24) is 9.88 Å². The molecule has 0 unspecified atom stereocenters. The molecule has 6 heteroatoms. The summed E-state index contributed by atoms with van der Waals surface area (Å²) in [5.41, 5.74) is 2.79. The van der Waals surface area contributed by atoms with E-state index >= 15 is 0 Å². The Morgan fingerprint density at radius 3 is 2.06 bits per heavy atom. The van der Waals surface area contributed by atoms with Gasteiger partial charge in [-0.3, -0.25) is 14.7 Å². The van der Waals surface area contributed by atoms with Gasteiger partial charge in [0.1, 0.15) is 6.04 Å². The molecule has 6 nitrogen and oxygen atoms in total. The molecule has 0 bridgehead atoms. The second-order valence-electron chi connectivity index (χ2n) is 8.33. The number of amides is 2. The highest BCUT2D eigenvalue weighted by atomic mass is 16.4. The number of hydrogen-bond acceptors (Lipinski definition) is 3. The molecule has 2 aromatic carbocycles. The van der Waals surface area contributed by atoms with E-state index in [1.807, 2.05) is 66.7 Å².